The molecular weight excluding hydrogens is 120 g/mol. The zero-order valence-electron chi connectivity index (χ0n) is 4.65. The van der Waals surface area contributed by atoms with E-state index in [1.165, 1.54) is 12.5 Å². The monoisotopic (exact) mass is 127 g/mol. The van der Waals surface area contributed by atoms with Gasteiger partial charge in [0.25, 0.3) is 0 Å². The van der Waals surface area contributed by atoms with E-state index in [4.69, 9.17) is 15.3 Å². The second-order valence-electron chi connectivity index (χ2n) is 1.82. The molecule has 0 aromatic carbocycles. The van der Waals surface area contributed by atoms with Gasteiger partial charge in [0.15, 0.2) is 0 Å². The number of hydrogen-bond acceptors (Lipinski definition) is 3. The molecule has 9 heavy (non-hydrogen) atoms. The third kappa shape index (κ3) is 1.47. The maximum atomic E-state index is 8.76. The highest BCUT2D eigenvalue weighted by atomic mass is 16.3. The Morgan fingerprint density at radius 3 is 2.33 bits per heavy atom. The molecule has 1 radical (unpaired) electrons. The Morgan fingerprint density at radius 1 is 1.22 bits per heavy atom. The summed E-state index contributed by atoms with van der Waals surface area (Å²) in [6.45, 7) is 0. The van der Waals surface area contributed by atoms with E-state index in [-0.39, 0.29) is 11.5 Å². The summed E-state index contributed by atoms with van der Waals surface area (Å²) in [7, 11) is 0. The summed E-state index contributed by atoms with van der Waals surface area (Å²) >= 11 is 0. The highest BCUT2D eigenvalue weighted by Gasteiger charge is 2.10. The molecule has 0 fully saturated rings. The van der Waals surface area contributed by atoms with Crippen molar-refractivity contribution >= 4 is 0 Å². The maximum absolute atomic E-state index is 8.76. The van der Waals surface area contributed by atoms with Crippen LogP contribution in [0.4, 0.5) is 0 Å². The maximum Gasteiger partial charge on any atom is 0.117 e. The molecule has 1 unspecified atom stereocenters. The molecule has 0 aromatic rings. The van der Waals surface area contributed by atoms with E-state index in [9.17, 15) is 0 Å². The predicted molar refractivity (Wildman–Crippen MR) is 31.7 cm³/mol. The number of aliphatic hydroxyl groups excluding tert-OH is 3. The Hall–Kier alpha value is -0.960. The van der Waals surface area contributed by atoms with Gasteiger partial charge in [-0.15, -0.1) is 0 Å². The molecule has 1 aliphatic carbocycles. The molecule has 0 aromatic heterocycles. The van der Waals surface area contributed by atoms with Gasteiger partial charge in [-0.05, 0) is 6.08 Å². The lowest BCUT2D eigenvalue weighted by molar-refractivity contribution is 0.233. The first kappa shape index (κ1) is 6.16. The van der Waals surface area contributed by atoms with Gasteiger partial charge in [-0.1, -0.05) is 0 Å². The molecule has 1 rings (SSSR count). The summed E-state index contributed by atoms with van der Waals surface area (Å²) in [6, 6.07) is 0. The van der Waals surface area contributed by atoms with Crippen molar-refractivity contribution in [2.75, 3.05) is 0 Å². The number of rotatable bonds is 0. The fourth-order valence-electron chi connectivity index (χ4n) is 0.646. The van der Waals surface area contributed by atoms with E-state index in [0.717, 1.165) is 6.08 Å². The van der Waals surface area contributed by atoms with Gasteiger partial charge in [0.1, 0.15) is 11.5 Å². The minimum absolute atomic E-state index is 0.109. The van der Waals surface area contributed by atoms with Crippen LogP contribution in [-0.2, 0) is 0 Å². The van der Waals surface area contributed by atoms with Gasteiger partial charge < -0.3 is 15.3 Å². The number of aliphatic hydroxyl groups is 3. The smallest absolute Gasteiger partial charge is 0.117 e. The van der Waals surface area contributed by atoms with Crippen LogP contribution in [0.1, 0.15) is 0 Å². The summed E-state index contributed by atoms with van der Waals surface area (Å²) in [6.07, 6.45) is 2.74. The van der Waals surface area contributed by atoms with E-state index in [2.05, 4.69) is 0 Å². The molecule has 0 heterocycles. The van der Waals surface area contributed by atoms with Crippen LogP contribution in [0.5, 0.6) is 0 Å². The van der Waals surface area contributed by atoms with Gasteiger partial charge in [0, 0.05) is 6.08 Å². The summed E-state index contributed by atoms with van der Waals surface area (Å²) in [5.41, 5.74) is 0. The molecular formula is C6H7O3. The second kappa shape index (κ2) is 2.11. The van der Waals surface area contributed by atoms with Crippen LogP contribution in [0.25, 0.3) is 0 Å². The lowest BCUT2D eigenvalue weighted by Crippen LogP contribution is -2.09. The zero-order chi connectivity index (χ0) is 6.85. The molecule has 1 atom stereocenters. The van der Waals surface area contributed by atoms with Gasteiger partial charge in [0.2, 0.25) is 0 Å². The summed E-state index contributed by atoms with van der Waals surface area (Å²) in [5.74, 6) is -0.218. The first-order valence-electron chi connectivity index (χ1n) is 2.53. The fourth-order valence-corrected chi connectivity index (χ4v) is 0.646. The van der Waals surface area contributed by atoms with Gasteiger partial charge in [-0.2, -0.15) is 0 Å². The van der Waals surface area contributed by atoms with E-state index in [0.29, 0.717) is 0 Å². The van der Waals surface area contributed by atoms with Crippen molar-refractivity contribution in [3.05, 3.63) is 30.1 Å². The lowest BCUT2D eigenvalue weighted by Gasteiger charge is -2.09. The molecule has 0 bridgehead atoms. The third-order valence-electron chi connectivity index (χ3n) is 0.979. The van der Waals surface area contributed by atoms with E-state index in [1.54, 1.807) is 0 Å². The molecule has 0 amide bonds. The molecule has 0 saturated carbocycles. The van der Waals surface area contributed by atoms with Crippen LogP contribution in [0.2, 0.25) is 0 Å². The lowest BCUT2D eigenvalue weighted by atomic mass is 10.1. The summed E-state index contributed by atoms with van der Waals surface area (Å²) in [5, 5.41) is 26.1. The molecule has 1 aliphatic rings. The Morgan fingerprint density at radius 2 is 1.89 bits per heavy atom. The van der Waals surface area contributed by atoms with Crippen LogP contribution >= 0.6 is 0 Å². The molecule has 0 spiro atoms. The van der Waals surface area contributed by atoms with Crippen LogP contribution in [0.3, 0.4) is 0 Å². The first-order chi connectivity index (χ1) is 4.18. The van der Waals surface area contributed by atoms with Gasteiger partial charge >= 0.3 is 0 Å². The standard InChI is InChI=1S/C6H7O3/c7-4-1-5(8)3-6(9)2-4/h1-4,7-9H. The molecule has 0 saturated heterocycles. The molecule has 0 aliphatic heterocycles. The molecule has 3 nitrogen and oxygen atoms in total. The summed E-state index contributed by atoms with van der Waals surface area (Å²) < 4.78 is 0. The first-order valence-corrected chi connectivity index (χ1v) is 2.53. The Bertz CT molecular complexity index is 169. The van der Waals surface area contributed by atoms with Gasteiger partial charge in [-0.25, -0.2) is 0 Å². The molecule has 3 heteroatoms. The third-order valence-corrected chi connectivity index (χ3v) is 0.979. The summed E-state index contributed by atoms with van der Waals surface area (Å²) in [4.78, 5) is 0. The average molecular weight is 127 g/mol. The van der Waals surface area contributed by atoms with Crippen molar-refractivity contribution in [2.24, 2.45) is 0 Å². The van der Waals surface area contributed by atoms with Crippen LogP contribution < -0.4 is 0 Å². The number of allylic oxidation sites excluding steroid dienone is 1. The molecule has 49 valence electrons. The SMILES string of the molecule is OC1=CC(O)=CC(O)[CH]1. The van der Waals surface area contributed by atoms with Crippen molar-refractivity contribution in [2.45, 2.75) is 6.10 Å². The van der Waals surface area contributed by atoms with E-state index >= 15 is 0 Å². The van der Waals surface area contributed by atoms with E-state index < -0.39 is 6.10 Å². The van der Waals surface area contributed by atoms with Crippen molar-refractivity contribution < 1.29 is 15.3 Å². The van der Waals surface area contributed by atoms with Crippen LogP contribution in [-0.4, -0.2) is 21.4 Å². The second-order valence-corrected chi connectivity index (χ2v) is 1.82. The topological polar surface area (TPSA) is 60.7 Å². The fraction of sp³-hybridized carbons (Fsp3) is 0.167. The van der Waals surface area contributed by atoms with Crippen molar-refractivity contribution in [3.8, 4) is 0 Å². The minimum Gasteiger partial charge on any atom is -0.512 e. The Balaban J connectivity index is 2.74. The van der Waals surface area contributed by atoms with Crippen molar-refractivity contribution in [1.29, 1.82) is 0 Å². The predicted octanol–water partition coefficient (Wildman–Crippen LogP) is 0.449. The quantitative estimate of drug-likeness (QED) is 0.442. The normalized spacial score (nSPS) is 27.0. The number of hydrogen-bond donors (Lipinski definition) is 3. The highest BCUT2D eigenvalue weighted by Crippen LogP contribution is 2.11. The molecule has 3 N–H and O–H groups in total. The van der Waals surface area contributed by atoms with Crippen molar-refractivity contribution in [3.63, 3.8) is 0 Å². The van der Waals surface area contributed by atoms with Gasteiger partial charge in [0.05, 0.1) is 12.5 Å². The average Bonchev–Trinajstić information content (AvgIpc) is 1.59. The zero-order valence-corrected chi connectivity index (χ0v) is 4.65. The van der Waals surface area contributed by atoms with Crippen molar-refractivity contribution in [1.82, 2.24) is 0 Å². The largest absolute Gasteiger partial charge is 0.512 e. The van der Waals surface area contributed by atoms with Crippen LogP contribution in [0, 0.1) is 6.42 Å². The Labute approximate surface area is 52.6 Å². The van der Waals surface area contributed by atoms with Gasteiger partial charge in [-0.3, -0.25) is 0 Å². The van der Waals surface area contributed by atoms with E-state index in [1.807, 2.05) is 0 Å². The minimum atomic E-state index is -0.866. The van der Waals surface area contributed by atoms with Crippen LogP contribution in [0.15, 0.2) is 23.7 Å². The Kier molecular flexibility index (Phi) is 1.44. The highest BCUT2D eigenvalue weighted by molar-refractivity contribution is 5.28.